The zero-order chi connectivity index (χ0) is 26.6. The van der Waals surface area contributed by atoms with Gasteiger partial charge >= 0.3 is 0 Å². The van der Waals surface area contributed by atoms with E-state index in [2.05, 4.69) is 20.6 Å². The smallest absolute Gasteiger partial charge is 0.252 e. The monoisotopic (exact) mass is 517 g/mol. The maximum Gasteiger partial charge on any atom is 0.252 e. The van der Waals surface area contributed by atoms with E-state index in [0.29, 0.717) is 30.9 Å². The molecule has 5 rings (SSSR count). The Kier molecular flexibility index (Phi) is 7.39. The number of pyridine rings is 2. The van der Waals surface area contributed by atoms with E-state index in [4.69, 9.17) is 5.73 Å². The van der Waals surface area contributed by atoms with Gasteiger partial charge in [-0.25, -0.2) is 14.4 Å². The molecule has 4 N–H and O–H groups in total. The first kappa shape index (κ1) is 25.4. The largest absolute Gasteiger partial charge is 0.378 e. The molecule has 1 aromatic carbocycles. The van der Waals surface area contributed by atoms with Crippen molar-refractivity contribution in [3.63, 3.8) is 0 Å². The Balaban J connectivity index is 1.27. The van der Waals surface area contributed by atoms with Gasteiger partial charge in [0.2, 0.25) is 5.91 Å². The van der Waals surface area contributed by atoms with Crippen LogP contribution >= 0.6 is 0 Å². The lowest BCUT2D eigenvalue weighted by Gasteiger charge is -2.36. The summed E-state index contributed by atoms with van der Waals surface area (Å²) in [6, 6.07) is 12.6. The Morgan fingerprint density at radius 1 is 1.08 bits per heavy atom. The van der Waals surface area contributed by atoms with Crippen molar-refractivity contribution in [1.82, 2.24) is 9.97 Å². The van der Waals surface area contributed by atoms with Crippen LogP contribution in [0.2, 0.25) is 0 Å². The van der Waals surface area contributed by atoms with E-state index in [1.165, 1.54) is 6.20 Å². The number of nitrogens with two attached hydrogens (primary N) is 1. The van der Waals surface area contributed by atoms with Crippen LogP contribution in [0.25, 0.3) is 0 Å². The molecule has 10 heteroatoms. The van der Waals surface area contributed by atoms with Crippen LogP contribution in [0.15, 0.2) is 54.9 Å². The fourth-order valence-corrected chi connectivity index (χ4v) is 4.91. The first-order chi connectivity index (χ1) is 18.4. The van der Waals surface area contributed by atoms with E-state index in [-0.39, 0.29) is 18.0 Å². The van der Waals surface area contributed by atoms with Crippen molar-refractivity contribution in [2.75, 3.05) is 40.1 Å². The highest BCUT2D eigenvalue weighted by molar-refractivity contribution is 5.98. The van der Waals surface area contributed by atoms with Gasteiger partial charge in [-0.1, -0.05) is 6.07 Å². The number of benzene rings is 1. The molecule has 2 amide bonds. The summed E-state index contributed by atoms with van der Waals surface area (Å²) in [4.78, 5) is 36.8. The van der Waals surface area contributed by atoms with E-state index in [1.54, 1.807) is 12.3 Å². The van der Waals surface area contributed by atoms with Gasteiger partial charge in [0.25, 0.3) is 5.91 Å². The molecule has 2 aliphatic rings. The Bertz CT molecular complexity index is 1300. The Hall–Kier alpha value is -4.21. The van der Waals surface area contributed by atoms with Crippen LogP contribution in [-0.4, -0.2) is 53.6 Å². The lowest BCUT2D eigenvalue weighted by Crippen LogP contribution is -2.48. The van der Waals surface area contributed by atoms with Crippen molar-refractivity contribution >= 4 is 40.5 Å². The van der Waals surface area contributed by atoms with Crippen LogP contribution in [-0.2, 0) is 4.79 Å². The van der Waals surface area contributed by atoms with Gasteiger partial charge in [-0.3, -0.25) is 9.59 Å². The summed E-state index contributed by atoms with van der Waals surface area (Å²) >= 11 is 0. The number of nitrogens with one attached hydrogen (secondary N) is 2. The van der Waals surface area contributed by atoms with E-state index >= 15 is 4.39 Å². The average Bonchev–Trinajstić information content (AvgIpc) is 2.91. The second-order valence-electron chi connectivity index (χ2n) is 9.85. The number of aryl methyl sites for hydroxylation is 1. The van der Waals surface area contributed by atoms with Crippen molar-refractivity contribution in [1.29, 1.82) is 0 Å². The number of primary amides is 1. The minimum atomic E-state index is -1.18. The summed E-state index contributed by atoms with van der Waals surface area (Å²) in [6.07, 6.45) is 5.03. The van der Waals surface area contributed by atoms with Gasteiger partial charge < -0.3 is 26.2 Å². The summed E-state index contributed by atoms with van der Waals surface area (Å²) in [7, 11) is 0. The number of carbonyl (C=O) groups is 2. The van der Waals surface area contributed by atoms with Gasteiger partial charge in [0.15, 0.2) is 0 Å². The predicted octanol–water partition coefficient (Wildman–Crippen LogP) is 4.17. The molecule has 198 valence electrons. The number of nitrogens with zero attached hydrogens (tertiary/aromatic N) is 4. The lowest BCUT2D eigenvalue weighted by molar-refractivity contribution is -0.119. The van der Waals surface area contributed by atoms with Gasteiger partial charge in [-0.2, -0.15) is 0 Å². The van der Waals surface area contributed by atoms with Crippen LogP contribution in [0.1, 0.15) is 41.6 Å². The third-order valence-electron chi connectivity index (χ3n) is 7.05. The van der Waals surface area contributed by atoms with Crippen molar-refractivity contribution in [2.24, 2.45) is 5.73 Å². The minimum absolute atomic E-state index is 0.142. The molecule has 2 fully saturated rings. The summed E-state index contributed by atoms with van der Waals surface area (Å²) in [5.41, 5.74) is 8.90. The molecule has 1 unspecified atom stereocenters. The SMILES string of the molecule is Cc1ccc(N2CC[C@@H](Nc3cc(Nc4ccc(N5CCCCC5=O)cc4)ncc3C(N)=O)C(F)C2)nc1. The number of aromatic nitrogens is 2. The van der Waals surface area contributed by atoms with Gasteiger partial charge in [0, 0.05) is 49.3 Å². The normalized spacial score (nSPS) is 19.8. The number of alkyl halides is 1. The second kappa shape index (κ2) is 11.0. The molecule has 2 saturated heterocycles. The fourth-order valence-electron chi connectivity index (χ4n) is 4.91. The molecule has 38 heavy (non-hydrogen) atoms. The Labute approximate surface area is 221 Å². The molecule has 0 aliphatic carbocycles. The quantitative estimate of drug-likeness (QED) is 0.431. The highest BCUT2D eigenvalue weighted by Gasteiger charge is 2.30. The van der Waals surface area contributed by atoms with Crippen molar-refractivity contribution in [2.45, 2.75) is 44.8 Å². The summed E-state index contributed by atoms with van der Waals surface area (Å²) in [5.74, 6) is 0.735. The number of rotatable bonds is 7. The minimum Gasteiger partial charge on any atom is -0.378 e. The Morgan fingerprint density at radius 2 is 1.89 bits per heavy atom. The molecular formula is C28H32FN7O2. The van der Waals surface area contributed by atoms with E-state index < -0.39 is 18.1 Å². The van der Waals surface area contributed by atoms with E-state index in [0.717, 1.165) is 42.1 Å². The summed E-state index contributed by atoms with van der Waals surface area (Å²) in [5, 5.41) is 6.41. The van der Waals surface area contributed by atoms with Crippen molar-refractivity contribution < 1.29 is 14.0 Å². The summed E-state index contributed by atoms with van der Waals surface area (Å²) < 4.78 is 15.2. The Morgan fingerprint density at radius 3 is 2.58 bits per heavy atom. The number of hydrogen-bond acceptors (Lipinski definition) is 7. The number of anilines is 5. The molecule has 3 aromatic rings. The molecule has 9 nitrogen and oxygen atoms in total. The molecule has 0 bridgehead atoms. The second-order valence-corrected chi connectivity index (χ2v) is 9.85. The van der Waals surface area contributed by atoms with Gasteiger partial charge in [0.1, 0.15) is 17.8 Å². The number of halogens is 1. The maximum atomic E-state index is 15.2. The maximum absolute atomic E-state index is 15.2. The van der Waals surface area contributed by atoms with Crippen LogP contribution in [0.5, 0.6) is 0 Å². The highest BCUT2D eigenvalue weighted by atomic mass is 19.1. The summed E-state index contributed by atoms with van der Waals surface area (Å²) in [6.45, 7) is 3.52. The topological polar surface area (TPSA) is 116 Å². The molecule has 0 radical (unpaired) electrons. The molecule has 2 atom stereocenters. The van der Waals surface area contributed by atoms with Crippen molar-refractivity contribution in [3.05, 3.63) is 66.0 Å². The molecule has 0 saturated carbocycles. The molecular weight excluding hydrogens is 485 g/mol. The van der Waals surface area contributed by atoms with Crippen LogP contribution in [0.3, 0.4) is 0 Å². The van der Waals surface area contributed by atoms with Gasteiger partial charge in [-0.15, -0.1) is 0 Å². The van der Waals surface area contributed by atoms with Crippen LogP contribution in [0, 0.1) is 6.92 Å². The zero-order valence-corrected chi connectivity index (χ0v) is 21.4. The standard InChI is InChI=1S/C28H32FN7O2/c1-18-5-10-26(32-15-18)35-13-11-23(22(29)17-35)34-24-14-25(31-16-21(24)28(30)38)33-19-6-8-20(9-7-19)36-12-3-2-4-27(36)37/h5-10,14-16,22-23H,2-4,11-13,17H2,1H3,(H2,30,38)(H2,31,33,34)/t22?,23-/m1/s1. The van der Waals surface area contributed by atoms with E-state index in [1.807, 2.05) is 53.1 Å². The first-order valence-corrected chi connectivity index (χ1v) is 12.9. The predicted molar refractivity (Wildman–Crippen MR) is 147 cm³/mol. The average molecular weight is 518 g/mol. The van der Waals surface area contributed by atoms with Gasteiger partial charge in [0.05, 0.1) is 23.8 Å². The van der Waals surface area contributed by atoms with Gasteiger partial charge in [-0.05, 0) is 62.1 Å². The zero-order valence-electron chi connectivity index (χ0n) is 21.4. The molecule has 0 spiro atoms. The highest BCUT2D eigenvalue weighted by Crippen LogP contribution is 2.28. The third kappa shape index (κ3) is 5.69. The number of hydrogen-bond donors (Lipinski definition) is 3. The fraction of sp³-hybridized carbons (Fsp3) is 0.357. The lowest BCUT2D eigenvalue weighted by atomic mass is 10.0. The molecule has 2 aliphatic heterocycles. The first-order valence-electron chi connectivity index (χ1n) is 12.9. The molecule has 2 aromatic heterocycles. The number of carbonyl (C=O) groups excluding carboxylic acids is 2. The van der Waals surface area contributed by atoms with Crippen LogP contribution in [0.4, 0.5) is 33.1 Å². The van der Waals surface area contributed by atoms with E-state index in [9.17, 15) is 9.59 Å². The third-order valence-corrected chi connectivity index (χ3v) is 7.05. The number of amides is 2. The van der Waals surface area contributed by atoms with Crippen molar-refractivity contribution in [3.8, 4) is 0 Å². The van der Waals surface area contributed by atoms with Crippen LogP contribution < -0.4 is 26.2 Å². The number of piperidine rings is 2. The molecule has 4 heterocycles.